The zero-order valence-corrected chi connectivity index (χ0v) is 11.8. The highest BCUT2D eigenvalue weighted by Gasteiger charge is 2.29. The van der Waals surface area contributed by atoms with Crippen molar-refractivity contribution in [2.75, 3.05) is 7.11 Å². The van der Waals surface area contributed by atoms with Crippen molar-refractivity contribution >= 4 is 6.08 Å². The monoisotopic (exact) mass is 302 g/mol. The lowest BCUT2D eigenvalue weighted by molar-refractivity contribution is -0.137. The van der Waals surface area contributed by atoms with E-state index in [-0.39, 0.29) is 0 Å². The summed E-state index contributed by atoms with van der Waals surface area (Å²) < 4.78 is 42.3. The molecule has 0 fully saturated rings. The first-order valence-corrected chi connectivity index (χ1v) is 6.48. The maximum absolute atomic E-state index is 12.4. The third-order valence-electron chi connectivity index (χ3n) is 2.90. The summed E-state index contributed by atoms with van der Waals surface area (Å²) in [6.45, 7) is 0. The van der Waals surface area contributed by atoms with Gasteiger partial charge in [0.25, 0.3) is 0 Å². The Bertz CT molecular complexity index is 699. The summed E-state index contributed by atoms with van der Waals surface area (Å²) in [4.78, 5) is 0. The number of ether oxygens (including phenoxy) is 1. The van der Waals surface area contributed by atoms with Gasteiger partial charge in [0.05, 0.1) is 12.7 Å². The Kier molecular flexibility index (Phi) is 4.90. The van der Waals surface area contributed by atoms with Gasteiger partial charge >= 0.3 is 6.18 Å². The summed E-state index contributed by atoms with van der Waals surface area (Å²) in [6.07, 6.45) is -0.851. The molecule has 0 saturated carbocycles. The fourth-order valence-electron chi connectivity index (χ4n) is 1.72. The van der Waals surface area contributed by atoms with Crippen LogP contribution in [0, 0.1) is 11.8 Å². The molecule has 0 aromatic heterocycles. The van der Waals surface area contributed by atoms with Gasteiger partial charge in [-0.15, -0.1) is 0 Å². The van der Waals surface area contributed by atoms with Crippen LogP contribution in [0.5, 0.6) is 5.75 Å². The van der Waals surface area contributed by atoms with Gasteiger partial charge in [0, 0.05) is 5.56 Å². The number of rotatable bonds is 2. The highest BCUT2D eigenvalue weighted by molar-refractivity contribution is 5.54. The largest absolute Gasteiger partial charge is 0.497 e. The summed E-state index contributed by atoms with van der Waals surface area (Å²) in [5.74, 6) is 6.35. The van der Waals surface area contributed by atoms with E-state index in [0.717, 1.165) is 23.4 Å². The van der Waals surface area contributed by atoms with Crippen molar-refractivity contribution in [1.82, 2.24) is 0 Å². The fourth-order valence-corrected chi connectivity index (χ4v) is 1.72. The van der Waals surface area contributed by atoms with Crippen LogP contribution in [0.4, 0.5) is 13.2 Å². The smallest absolute Gasteiger partial charge is 0.416 e. The molecule has 0 aliphatic heterocycles. The predicted molar refractivity (Wildman–Crippen MR) is 80.4 cm³/mol. The van der Waals surface area contributed by atoms with Gasteiger partial charge in [0.15, 0.2) is 0 Å². The second-order valence-corrected chi connectivity index (χ2v) is 4.45. The second-order valence-electron chi connectivity index (χ2n) is 4.45. The molecule has 2 aromatic carbocycles. The first-order valence-electron chi connectivity index (χ1n) is 6.48. The number of benzene rings is 2. The highest BCUT2D eigenvalue weighted by atomic mass is 19.4. The molecule has 1 nitrogen and oxygen atoms in total. The maximum atomic E-state index is 12.4. The van der Waals surface area contributed by atoms with E-state index in [2.05, 4.69) is 11.8 Å². The van der Waals surface area contributed by atoms with Gasteiger partial charge in [-0.1, -0.05) is 24.0 Å². The molecule has 2 aromatic rings. The lowest BCUT2D eigenvalue weighted by Crippen LogP contribution is -2.03. The van der Waals surface area contributed by atoms with Crippen molar-refractivity contribution in [3.63, 3.8) is 0 Å². The third-order valence-corrected chi connectivity index (χ3v) is 2.90. The van der Waals surface area contributed by atoms with Crippen molar-refractivity contribution in [2.45, 2.75) is 6.18 Å². The van der Waals surface area contributed by atoms with Crippen LogP contribution in [-0.4, -0.2) is 7.11 Å². The van der Waals surface area contributed by atoms with E-state index in [1.165, 1.54) is 12.1 Å². The number of hydrogen-bond acceptors (Lipinski definition) is 1. The van der Waals surface area contributed by atoms with Crippen LogP contribution in [0.15, 0.2) is 54.6 Å². The zero-order valence-electron chi connectivity index (χ0n) is 11.8. The quantitative estimate of drug-likeness (QED) is 0.725. The van der Waals surface area contributed by atoms with Gasteiger partial charge in [-0.05, 0) is 54.1 Å². The number of alkyl halides is 3. The van der Waals surface area contributed by atoms with Gasteiger partial charge in [0.1, 0.15) is 5.75 Å². The van der Waals surface area contributed by atoms with Crippen LogP contribution in [-0.2, 0) is 6.18 Å². The van der Waals surface area contributed by atoms with Crippen LogP contribution in [0.1, 0.15) is 16.7 Å². The minimum Gasteiger partial charge on any atom is -0.497 e. The summed E-state index contributed by atoms with van der Waals surface area (Å²) in [7, 11) is 1.60. The van der Waals surface area contributed by atoms with E-state index in [9.17, 15) is 13.2 Å². The lowest BCUT2D eigenvalue weighted by atomic mass is 10.1. The molecule has 0 heterocycles. The summed E-state index contributed by atoms with van der Waals surface area (Å²) >= 11 is 0. The number of allylic oxidation sites excluding steroid dienone is 1. The Morgan fingerprint density at radius 1 is 0.955 bits per heavy atom. The van der Waals surface area contributed by atoms with Gasteiger partial charge in [-0.2, -0.15) is 13.2 Å². The average Bonchev–Trinajstić information content (AvgIpc) is 2.52. The molecule has 0 saturated heterocycles. The van der Waals surface area contributed by atoms with Gasteiger partial charge < -0.3 is 4.74 Å². The molecular weight excluding hydrogens is 289 g/mol. The number of methoxy groups -OCH3 is 1. The molecule has 0 radical (unpaired) electrons. The van der Waals surface area contributed by atoms with E-state index in [1.54, 1.807) is 13.2 Å². The molecule has 0 bridgehead atoms. The SMILES string of the molecule is COc1ccc(/C=C/C#Cc2ccc(C(F)(F)F)cc2)cc1. The molecule has 0 unspecified atom stereocenters. The van der Waals surface area contributed by atoms with Crippen LogP contribution >= 0.6 is 0 Å². The molecule has 0 spiro atoms. The Hall–Kier alpha value is -2.67. The molecule has 2 rings (SSSR count). The lowest BCUT2D eigenvalue weighted by Gasteiger charge is -2.05. The highest BCUT2D eigenvalue weighted by Crippen LogP contribution is 2.28. The van der Waals surface area contributed by atoms with Gasteiger partial charge in [0.2, 0.25) is 0 Å². The molecule has 22 heavy (non-hydrogen) atoms. The average molecular weight is 302 g/mol. The predicted octanol–water partition coefficient (Wildman–Crippen LogP) is 4.78. The van der Waals surface area contributed by atoms with Crippen LogP contribution in [0.2, 0.25) is 0 Å². The number of hydrogen-bond donors (Lipinski definition) is 0. The molecular formula is C18H13F3O. The molecule has 4 heteroatoms. The van der Waals surface area contributed by atoms with Crippen molar-refractivity contribution in [3.8, 4) is 17.6 Å². The molecule has 0 amide bonds. The van der Waals surface area contributed by atoms with E-state index in [0.29, 0.717) is 5.56 Å². The van der Waals surface area contributed by atoms with Gasteiger partial charge in [-0.3, -0.25) is 0 Å². The standard InChI is InChI=1S/C18H13F3O/c1-22-17-12-8-15(9-13-17)5-3-2-4-14-6-10-16(11-7-14)18(19,20)21/h3,5-13H,1H3/b5-3+. The summed E-state index contributed by atoms with van der Waals surface area (Å²) in [5.41, 5.74) is 0.821. The fraction of sp³-hybridized carbons (Fsp3) is 0.111. The Morgan fingerprint density at radius 2 is 1.59 bits per heavy atom. The molecule has 0 aliphatic rings. The molecule has 0 atom stereocenters. The van der Waals surface area contributed by atoms with Crippen LogP contribution in [0.25, 0.3) is 6.08 Å². The Balaban J connectivity index is 2.02. The van der Waals surface area contributed by atoms with Crippen molar-refractivity contribution < 1.29 is 17.9 Å². The second kappa shape index (κ2) is 6.86. The van der Waals surface area contributed by atoms with Crippen molar-refractivity contribution in [1.29, 1.82) is 0 Å². The minimum atomic E-state index is -4.32. The topological polar surface area (TPSA) is 9.23 Å². The summed E-state index contributed by atoms with van der Waals surface area (Å²) in [6, 6.07) is 12.2. The first-order chi connectivity index (χ1) is 10.5. The van der Waals surface area contributed by atoms with Crippen molar-refractivity contribution in [2.24, 2.45) is 0 Å². The van der Waals surface area contributed by atoms with Gasteiger partial charge in [-0.25, -0.2) is 0 Å². The van der Waals surface area contributed by atoms with Crippen LogP contribution in [0.3, 0.4) is 0 Å². The molecule has 0 N–H and O–H groups in total. The van der Waals surface area contributed by atoms with E-state index in [4.69, 9.17) is 4.74 Å². The minimum absolute atomic E-state index is 0.535. The first kappa shape index (κ1) is 15.7. The molecule has 0 aliphatic carbocycles. The maximum Gasteiger partial charge on any atom is 0.416 e. The Labute approximate surface area is 127 Å². The van der Waals surface area contributed by atoms with E-state index >= 15 is 0 Å². The Morgan fingerprint density at radius 3 is 2.14 bits per heavy atom. The van der Waals surface area contributed by atoms with E-state index < -0.39 is 11.7 Å². The van der Waals surface area contributed by atoms with E-state index in [1.807, 2.05) is 30.3 Å². The zero-order chi connectivity index (χ0) is 16.0. The molecule has 112 valence electrons. The summed E-state index contributed by atoms with van der Waals surface area (Å²) in [5, 5.41) is 0. The van der Waals surface area contributed by atoms with Crippen molar-refractivity contribution in [3.05, 3.63) is 71.3 Å². The van der Waals surface area contributed by atoms with Crippen LogP contribution < -0.4 is 4.74 Å². The normalized spacial score (nSPS) is 11.1. The third kappa shape index (κ3) is 4.42. The number of halogens is 3.